The summed E-state index contributed by atoms with van der Waals surface area (Å²) in [5.74, 6) is 1.10. The first-order valence-electron chi connectivity index (χ1n) is 6.74. The van der Waals surface area contributed by atoms with Gasteiger partial charge in [0.15, 0.2) is 0 Å². The molecular formula is C15H18ClN3. The van der Waals surface area contributed by atoms with Crippen molar-refractivity contribution in [2.24, 2.45) is 0 Å². The van der Waals surface area contributed by atoms with Gasteiger partial charge in [0.25, 0.3) is 0 Å². The molecule has 0 saturated carbocycles. The predicted octanol–water partition coefficient (Wildman–Crippen LogP) is 3.35. The maximum Gasteiger partial charge on any atom is 0.106 e. The predicted molar refractivity (Wildman–Crippen MR) is 78.6 cm³/mol. The van der Waals surface area contributed by atoms with E-state index in [1.165, 1.54) is 29.8 Å². The third-order valence-corrected chi connectivity index (χ3v) is 4.17. The fourth-order valence-corrected chi connectivity index (χ4v) is 2.94. The summed E-state index contributed by atoms with van der Waals surface area (Å²) < 4.78 is 2.32. The number of halogens is 1. The molecule has 1 aromatic carbocycles. The topological polar surface area (TPSA) is 43.8 Å². The fourth-order valence-electron chi connectivity index (χ4n) is 2.82. The lowest BCUT2D eigenvalue weighted by atomic mass is 10.0. The van der Waals surface area contributed by atoms with Crippen molar-refractivity contribution in [3.8, 4) is 0 Å². The Bertz CT molecular complexity index is 616. The number of hydrogen-bond acceptors (Lipinski definition) is 2. The van der Waals surface area contributed by atoms with Crippen LogP contribution < -0.4 is 5.73 Å². The Labute approximate surface area is 118 Å². The van der Waals surface area contributed by atoms with Gasteiger partial charge < -0.3 is 10.3 Å². The third kappa shape index (κ3) is 2.35. The van der Waals surface area contributed by atoms with Crippen molar-refractivity contribution in [2.75, 3.05) is 5.73 Å². The number of nitrogens with two attached hydrogens (primary N) is 1. The van der Waals surface area contributed by atoms with E-state index in [4.69, 9.17) is 22.3 Å². The van der Waals surface area contributed by atoms with Crippen LogP contribution in [0.4, 0.5) is 5.69 Å². The van der Waals surface area contributed by atoms with Gasteiger partial charge in [-0.2, -0.15) is 0 Å². The molecular weight excluding hydrogens is 258 g/mol. The largest absolute Gasteiger partial charge is 0.398 e. The molecule has 0 aliphatic heterocycles. The summed E-state index contributed by atoms with van der Waals surface area (Å²) in [4.78, 5) is 4.69. The molecule has 100 valence electrons. The van der Waals surface area contributed by atoms with Crippen molar-refractivity contribution in [3.05, 3.63) is 46.0 Å². The Balaban J connectivity index is 1.94. The molecule has 2 aromatic rings. The number of rotatable bonds is 2. The van der Waals surface area contributed by atoms with Gasteiger partial charge in [0.05, 0.1) is 16.4 Å². The van der Waals surface area contributed by atoms with E-state index in [9.17, 15) is 0 Å². The quantitative estimate of drug-likeness (QED) is 0.854. The highest BCUT2D eigenvalue weighted by molar-refractivity contribution is 6.33. The average Bonchev–Trinajstić information content (AvgIpc) is 2.71. The van der Waals surface area contributed by atoms with Gasteiger partial charge in [-0.1, -0.05) is 17.7 Å². The Morgan fingerprint density at radius 1 is 1.32 bits per heavy atom. The normalized spacial score (nSPS) is 14.4. The van der Waals surface area contributed by atoms with Gasteiger partial charge in [0.1, 0.15) is 5.82 Å². The summed E-state index contributed by atoms with van der Waals surface area (Å²) >= 11 is 5.97. The van der Waals surface area contributed by atoms with Gasteiger partial charge in [-0.25, -0.2) is 4.98 Å². The molecule has 4 heteroatoms. The first-order valence-corrected chi connectivity index (χ1v) is 7.11. The Kier molecular flexibility index (Phi) is 3.23. The molecule has 0 atom stereocenters. The molecule has 1 aromatic heterocycles. The van der Waals surface area contributed by atoms with Crippen molar-refractivity contribution >= 4 is 17.3 Å². The van der Waals surface area contributed by atoms with E-state index in [1.807, 2.05) is 18.2 Å². The second kappa shape index (κ2) is 4.89. The van der Waals surface area contributed by atoms with Crippen molar-refractivity contribution in [1.82, 2.24) is 9.55 Å². The van der Waals surface area contributed by atoms with Gasteiger partial charge in [0, 0.05) is 12.2 Å². The maximum atomic E-state index is 5.97. The summed E-state index contributed by atoms with van der Waals surface area (Å²) in [6, 6.07) is 5.86. The van der Waals surface area contributed by atoms with Crippen LogP contribution in [-0.2, 0) is 19.4 Å². The molecule has 0 unspecified atom stereocenters. The van der Waals surface area contributed by atoms with Gasteiger partial charge in [-0.05, 0) is 50.3 Å². The molecule has 1 aliphatic rings. The molecule has 1 aliphatic carbocycles. The van der Waals surface area contributed by atoms with Crippen LogP contribution in [0.5, 0.6) is 0 Å². The molecule has 2 N–H and O–H groups in total. The number of aryl methyl sites for hydroxylation is 2. The monoisotopic (exact) mass is 275 g/mol. The highest BCUT2D eigenvalue weighted by Gasteiger charge is 2.18. The SMILES string of the molecule is Cc1nc2c(n1Cc1ccc(Cl)c(N)c1)CCCC2. The lowest BCUT2D eigenvalue weighted by Crippen LogP contribution is -2.10. The van der Waals surface area contributed by atoms with Crippen LogP contribution in [0.15, 0.2) is 18.2 Å². The summed E-state index contributed by atoms with van der Waals surface area (Å²) in [5, 5.41) is 0.619. The number of hydrogen-bond donors (Lipinski definition) is 1. The van der Waals surface area contributed by atoms with Crippen LogP contribution in [0.1, 0.15) is 35.6 Å². The van der Waals surface area contributed by atoms with Crippen molar-refractivity contribution < 1.29 is 0 Å². The van der Waals surface area contributed by atoms with Crippen LogP contribution in [0.25, 0.3) is 0 Å². The lowest BCUT2D eigenvalue weighted by molar-refractivity contribution is 0.624. The van der Waals surface area contributed by atoms with Crippen LogP contribution in [0, 0.1) is 6.92 Å². The van der Waals surface area contributed by atoms with E-state index in [0.717, 1.165) is 25.2 Å². The van der Waals surface area contributed by atoms with E-state index in [-0.39, 0.29) is 0 Å². The molecule has 0 amide bonds. The smallest absolute Gasteiger partial charge is 0.106 e. The zero-order chi connectivity index (χ0) is 13.4. The molecule has 0 saturated heterocycles. The highest BCUT2D eigenvalue weighted by atomic mass is 35.5. The first-order chi connectivity index (χ1) is 9.15. The third-order valence-electron chi connectivity index (χ3n) is 3.82. The Hall–Kier alpha value is -1.48. The minimum Gasteiger partial charge on any atom is -0.398 e. The average molecular weight is 276 g/mol. The number of anilines is 1. The lowest BCUT2D eigenvalue weighted by Gasteiger charge is -2.15. The van der Waals surface area contributed by atoms with Crippen molar-refractivity contribution in [2.45, 2.75) is 39.2 Å². The zero-order valence-electron chi connectivity index (χ0n) is 11.1. The minimum atomic E-state index is 0.619. The van der Waals surface area contributed by atoms with E-state index < -0.39 is 0 Å². The first kappa shape index (κ1) is 12.5. The number of fused-ring (bicyclic) bond motifs is 1. The molecule has 19 heavy (non-hydrogen) atoms. The fraction of sp³-hybridized carbons (Fsp3) is 0.400. The zero-order valence-corrected chi connectivity index (χ0v) is 11.9. The van der Waals surface area contributed by atoms with Crippen molar-refractivity contribution in [3.63, 3.8) is 0 Å². The molecule has 0 bridgehead atoms. The number of aromatic nitrogens is 2. The number of imidazole rings is 1. The summed E-state index contributed by atoms with van der Waals surface area (Å²) in [6.07, 6.45) is 4.78. The highest BCUT2D eigenvalue weighted by Crippen LogP contribution is 2.25. The number of nitrogen functional groups attached to an aromatic ring is 1. The standard InChI is InChI=1S/C15H18ClN3/c1-10-18-14-4-2-3-5-15(14)19(10)9-11-6-7-12(16)13(17)8-11/h6-8H,2-5,9,17H2,1H3. The second-order valence-electron chi connectivity index (χ2n) is 5.20. The van der Waals surface area contributed by atoms with Gasteiger partial charge in [-0.15, -0.1) is 0 Å². The van der Waals surface area contributed by atoms with Crippen LogP contribution >= 0.6 is 11.6 Å². The van der Waals surface area contributed by atoms with Crippen LogP contribution in [-0.4, -0.2) is 9.55 Å². The van der Waals surface area contributed by atoms with Crippen LogP contribution in [0.3, 0.4) is 0 Å². The summed E-state index contributed by atoms with van der Waals surface area (Å²) in [6.45, 7) is 2.91. The summed E-state index contributed by atoms with van der Waals surface area (Å²) in [7, 11) is 0. The van der Waals surface area contributed by atoms with E-state index in [1.54, 1.807) is 0 Å². The van der Waals surface area contributed by atoms with Gasteiger partial charge >= 0.3 is 0 Å². The summed E-state index contributed by atoms with van der Waals surface area (Å²) in [5.41, 5.74) is 10.4. The number of nitrogens with zero attached hydrogens (tertiary/aromatic N) is 2. The minimum absolute atomic E-state index is 0.619. The molecule has 0 radical (unpaired) electrons. The maximum absolute atomic E-state index is 5.97. The van der Waals surface area contributed by atoms with Gasteiger partial charge in [0.2, 0.25) is 0 Å². The van der Waals surface area contributed by atoms with E-state index >= 15 is 0 Å². The molecule has 3 rings (SSSR count). The Morgan fingerprint density at radius 2 is 2.11 bits per heavy atom. The molecule has 1 heterocycles. The molecule has 0 fully saturated rings. The van der Waals surface area contributed by atoms with Crippen LogP contribution in [0.2, 0.25) is 5.02 Å². The molecule has 3 nitrogen and oxygen atoms in total. The molecule has 0 spiro atoms. The second-order valence-corrected chi connectivity index (χ2v) is 5.61. The van der Waals surface area contributed by atoms with E-state index in [0.29, 0.717) is 10.7 Å². The van der Waals surface area contributed by atoms with Crippen molar-refractivity contribution in [1.29, 1.82) is 0 Å². The Morgan fingerprint density at radius 3 is 2.89 bits per heavy atom. The van der Waals surface area contributed by atoms with E-state index in [2.05, 4.69) is 11.5 Å². The van der Waals surface area contributed by atoms with Gasteiger partial charge in [-0.3, -0.25) is 0 Å². The number of benzene rings is 1.